The fourth-order valence-corrected chi connectivity index (χ4v) is 3.29. The van der Waals surface area contributed by atoms with Crippen molar-refractivity contribution in [3.63, 3.8) is 0 Å². The molecule has 4 rings (SSSR count). The normalized spacial score (nSPS) is 24.3. The fourth-order valence-electron chi connectivity index (χ4n) is 3.29. The number of hydrogen-bond acceptors (Lipinski definition) is 5. The summed E-state index contributed by atoms with van der Waals surface area (Å²) in [5.41, 5.74) is 2.99. The Morgan fingerprint density at radius 3 is 2.86 bits per heavy atom. The fraction of sp³-hybridized carbons (Fsp3) is 0.333. The van der Waals surface area contributed by atoms with Gasteiger partial charge in [0.2, 0.25) is 5.95 Å². The van der Waals surface area contributed by atoms with Crippen LogP contribution in [-0.2, 0) is 4.79 Å². The third kappa shape index (κ3) is 1.86. The minimum Gasteiger partial charge on any atom is -0.326 e. The van der Waals surface area contributed by atoms with Crippen molar-refractivity contribution in [3.8, 4) is 0 Å². The standard InChI is InChI=1S/C15H15N5O/c1-9-14-12(16-15-17-18-19-20(9)15)7-11(8-13(14)21)10-5-3-2-4-6-10/h2-6,9,11H,7-8H2,1H3,(H,16,17,19). The van der Waals surface area contributed by atoms with Crippen LogP contribution in [0.15, 0.2) is 41.6 Å². The Bertz CT molecular complexity index is 734. The molecule has 1 aliphatic heterocycles. The molecule has 0 spiro atoms. The Labute approximate surface area is 121 Å². The Kier molecular flexibility index (Phi) is 2.63. The van der Waals surface area contributed by atoms with Gasteiger partial charge < -0.3 is 5.32 Å². The topological polar surface area (TPSA) is 72.7 Å². The Balaban J connectivity index is 1.71. The minimum atomic E-state index is -0.101. The van der Waals surface area contributed by atoms with Crippen LogP contribution in [0.5, 0.6) is 0 Å². The monoisotopic (exact) mass is 281 g/mol. The highest BCUT2D eigenvalue weighted by Gasteiger charge is 2.36. The van der Waals surface area contributed by atoms with Crippen LogP contribution in [0.25, 0.3) is 0 Å². The van der Waals surface area contributed by atoms with Crippen molar-refractivity contribution in [1.82, 2.24) is 20.2 Å². The number of ketones is 1. The molecule has 0 amide bonds. The van der Waals surface area contributed by atoms with E-state index < -0.39 is 0 Å². The molecule has 2 atom stereocenters. The number of Topliss-reactive ketones (excluding diaryl/α,β-unsaturated/α-hetero) is 1. The molecule has 1 aromatic carbocycles. The summed E-state index contributed by atoms with van der Waals surface area (Å²) in [6.07, 6.45) is 1.37. The number of tetrazole rings is 1. The molecule has 21 heavy (non-hydrogen) atoms. The van der Waals surface area contributed by atoms with Crippen molar-refractivity contribution in [2.75, 3.05) is 5.32 Å². The number of allylic oxidation sites excluding steroid dienone is 2. The molecule has 6 nitrogen and oxygen atoms in total. The van der Waals surface area contributed by atoms with Crippen LogP contribution in [0.2, 0.25) is 0 Å². The molecular weight excluding hydrogens is 266 g/mol. The first-order chi connectivity index (χ1) is 10.2. The molecule has 0 fully saturated rings. The van der Waals surface area contributed by atoms with Gasteiger partial charge in [0, 0.05) is 17.7 Å². The number of rotatable bonds is 1. The lowest BCUT2D eigenvalue weighted by molar-refractivity contribution is -0.116. The summed E-state index contributed by atoms with van der Waals surface area (Å²) in [5.74, 6) is 1.02. The zero-order valence-electron chi connectivity index (χ0n) is 11.7. The number of carbonyl (C=O) groups excluding carboxylic acids is 1. The molecule has 2 aliphatic rings. The highest BCUT2D eigenvalue weighted by molar-refractivity contribution is 5.99. The molecule has 0 saturated carbocycles. The minimum absolute atomic E-state index is 0.101. The largest absolute Gasteiger partial charge is 0.326 e. The average molecular weight is 281 g/mol. The number of carbonyl (C=O) groups is 1. The summed E-state index contributed by atoms with van der Waals surface area (Å²) in [4.78, 5) is 12.6. The van der Waals surface area contributed by atoms with Crippen molar-refractivity contribution in [3.05, 3.63) is 47.2 Å². The number of hydrogen-bond donors (Lipinski definition) is 1. The van der Waals surface area contributed by atoms with Crippen molar-refractivity contribution < 1.29 is 4.79 Å². The van der Waals surface area contributed by atoms with E-state index in [1.807, 2.05) is 25.1 Å². The second kappa shape index (κ2) is 4.51. The van der Waals surface area contributed by atoms with Gasteiger partial charge in [-0.1, -0.05) is 35.4 Å². The van der Waals surface area contributed by atoms with E-state index in [1.54, 1.807) is 4.68 Å². The molecule has 1 aliphatic carbocycles. The van der Waals surface area contributed by atoms with Crippen LogP contribution in [0.1, 0.15) is 37.3 Å². The summed E-state index contributed by atoms with van der Waals surface area (Å²) in [6.45, 7) is 1.97. The number of benzene rings is 1. The quantitative estimate of drug-likeness (QED) is 0.866. The van der Waals surface area contributed by atoms with Gasteiger partial charge in [0.25, 0.3) is 0 Å². The van der Waals surface area contributed by atoms with Crippen LogP contribution in [-0.4, -0.2) is 26.0 Å². The molecule has 0 saturated heterocycles. The molecule has 106 valence electrons. The van der Waals surface area contributed by atoms with E-state index in [2.05, 4.69) is 33.0 Å². The highest BCUT2D eigenvalue weighted by Crippen LogP contribution is 2.40. The first kappa shape index (κ1) is 12.3. The van der Waals surface area contributed by atoms with Gasteiger partial charge >= 0.3 is 0 Å². The van der Waals surface area contributed by atoms with Crippen LogP contribution in [0, 0.1) is 0 Å². The van der Waals surface area contributed by atoms with Gasteiger partial charge in [-0.25, -0.2) is 4.68 Å². The molecule has 1 N–H and O–H groups in total. The summed E-state index contributed by atoms with van der Waals surface area (Å²) < 4.78 is 1.67. The molecule has 2 heterocycles. The maximum Gasteiger partial charge on any atom is 0.247 e. The SMILES string of the molecule is CC1C2=C(CC(c3ccccc3)CC2=O)Nc2nnnn21. The van der Waals surface area contributed by atoms with Crippen LogP contribution in [0.4, 0.5) is 5.95 Å². The lowest BCUT2D eigenvalue weighted by atomic mass is 9.79. The lowest BCUT2D eigenvalue weighted by Crippen LogP contribution is -2.31. The van der Waals surface area contributed by atoms with E-state index in [4.69, 9.17) is 0 Å². The van der Waals surface area contributed by atoms with E-state index >= 15 is 0 Å². The maximum absolute atomic E-state index is 12.6. The number of fused-ring (bicyclic) bond motifs is 1. The number of nitrogens with one attached hydrogen (secondary N) is 1. The Hall–Kier alpha value is -2.50. The third-order valence-electron chi connectivity index (χ3n) is 4.32. The van der Waals surface area contributed by atoms with Crippen molar-refractivity contribution in [1.29, 1.82) is 0 Å². The van der Waals surface area contributed by atoms with Crippen LogP contribution in [0.3, 0.4) is 0 Å². The summed E-state index contributed by atoms with van der Waals surface area (Å²) in [6, 6.07) is 10.1. The van der Waals surface area contributed by atoms with Gasteiger partial charge in [0.05, 0.1) is 6.04 Å². The zero-order valence-corrected chi connectivity index (χ0v) is 11.7. The smallest absolute Gasteiger partial charge is 0.247 e. The molecule has 0 radical (unpaired) electrons. The lowest BCUT2D eigenvalue weighted by Gasteiger charge is -2.33. The first-order valence-electron chi connectivity index (χ1n) is 7.10. The molecule has 2 aromatic rings. The Morgan fingerprint density at radius 1 is 1.24 bits per heavy atom. The van der Waals surface area contributed by atoms with Gasteiger partial charge in [-0.05, 0) is 35.3 Å². The van der Waals surface area contributed by atoms with Gasteiger partial charge in [-0.15, -0.1) is 0 Å². The molecule has 0 bridgehead atoms. The van der Waals surface area contributed by atoms with Crippen molar-refractivity contribution in [2.45, 2.75) is 31.7 Å². The van der Waals surface area contributed by atoms with Gasteiger partial charge in [-0.3, -0.25) is 4.79 Å². The maximum atomic E-state index is 12.6. The average Bonchev–Trinajstić information content (AvgIpc) is 2.96. The summed E-state index contributed by atoms with van der Waals surface area (Å²) >= 11 is 0. The van der Waals surface area contributed by atoms with E-state index in [1.165, 1.54) is 5.56 Å². The van der Waals surface area contributed by atoms with E-state index in [-0.39, 0.29) is 17.7 Å². The van der Waals surface area contributed by atoms with Crippen LogP contribution >= 0.6 is 0 Å². The predicted octanol–water partition coefficient (Wildman–Crippen LogP) is 2.06. The number of aromatic nitrogens is 4. The molecule has 2 unspecified atom stereocenters. The van der Waals surface area contributed by atoms with Gasteiger partial charge in [-0.2, -0.15) is 0 Å². The third-order valence-corrected chi connectivity index (χ3v) is 4.32. The molecule has 6 heteroatoms. The van der Waals surface area contributed by atoms with Crippen molar-refractivity contribution >= 4 is 11.7 Å². The van der Waals surface area contributed by atoms with Crippen LogP contribution < -0.4 is 5.32 Å². The number of nitrogens with zero attached hydrogens (tertiary/aromatic N) is 4. The zero-order chi connectivity index (χ0) is 14.4. The predicted molar refractivity (Wildman–Crippen MR) is 76.6 cm³/mol. The van der Waals surface area contributed by atoms with Gasteiger partial charge in [0.1, 0.15) is 0 Å². The second-order valence-corrected chi connectivity index (χ2v) is 5.58. The summed E-state index contributed by atoms with van der Waals surface area (Å²) in [7, 11) is 0. The second-order valence-electron chi connectivity index (χ2n) is 5.58. The summed E-state index contributed by atoms with van der Waals surface area (Å²) in [5, 5.41) is 14.8. The first-order valence-corrected chi connectivity index (χ1v) is 7.10. The highest BCUT2D eigenvalue weighted by atomic mass is 16.1. The molecular formula is C15H15N5O. The van der Waals surface area contributed by atoms with E-state index in [0.29, 0.717) is 12.4 Å². The van der Waals surface area contributed by atoms with Gasteiger partial charge in [0.15, 0.2) is 5.78 Å². The van der Waals surface area contributed by atoms with Crippen molar-refractivity contribution in [2.24, 2.45) is 0 Å². The number of anilines is 1. The van der Waals surface area contributed by atoms with E-state index in [9.17, 15) is 4.79 Å². The Morgan fingerprint density at radius 2 is 2.05 bits per heavy atom. The molecule has 1 aromatic heterocycles. The van der Waals surface area contributed by atoms with E-state index in [0.717, 1.165) is 17.7 Å².